The molecular formula is C13H17N5O. The highest BCUT2D eigenvalue weighted by molar-refractivity contribution is 5.82. The van der Waals surface area contributed by atoms with Gasteiger partial charge in [-0.05, 0) is 31.1 Å². The van der Waals surface area contributed by atoms with Crippen LogP contribution in [0.4, 0.5) is 5.82 Å². The number of hydrogen-bond donors (Lipinski definition) is 1. The summed E-state index contributed by atoms with van der Waals surface area (Å²) in [7, 11) is 1.65. The molecule has 0 spiro atoms. The van der Waals surface area contributed by atoms with E-state index in [0.717, 1.165) is 17.5 Å². The van der Waals surface area contributed by atoms with Crippen LogP contribution in [0.3, 0.4) is 0 Å². The van der Waals surface area contributed by atoms with E-state index in [2.05, 4.69) is 19.5 Å². The number of imidazole rings is 1. The number of nitrogen functional groups attached to an aromatic ring is 1. The van der Waals surface area contributed by atoms with E-state index in [1.807, 2.05) is 0 Å². The van der Waals surface area contributed by atoms with Gasteiger partial charge >= 0.3 is 0 Å². The van der Waals surface area contributed by atoms with Gasteiger partial charge in [-0.3, -0.25) is 4.57 Å². The van der Waals surface area contributed by atoms with Crippen LogP contribution in [0.1, 0.15) is 31.7 Å². The van der Waals surface area contributed by atoms with Crippen molar-refractivity contribution in [2.24, 2.45) is 11.8 Å². The molecular weight excluding hydrogens is 242 g/mol. The van der Waals surface area contributed by atoms with Crippen LogP contribution in [-0.4, -0.2) is 26.6 Å². The molecule has 0 amide bonds. The Morgan fingerprint density at radius 1 is 1.32 bits per heavy atom. The van der Waals surface area contributed by atoms with E-state index < -0.39 is 0 Å². The lowest BCUT2D eigenvalue weighted by atomic mass is 9.95. The highest BCUT2D eigenvalue weighted by Crippen LogP contribution is 2.52. The highest BCUT2D eigenvalue weighted by atomic mass is 16.5. The molecule has 0 unspecified atom stereocenters. The molecule has 2 aromatic heterocycles. The summed E-state index contributed by atoms with van der Waals surface area (Å²) in [5.74, 6) is 2.01. The average Bonchev–Trinajstić information content (AvgIpc) is 3.11. The maximum absolute atomic E-state index is 5.89. The van der Waals surface area contributed by atoms with Crippen LogP contribution in [0.15, 0.2) is 6.33 Å². The zero-order chi connectivity index (χ0) is 13.0. The van der Waals surface area contributed by atoms with E-state index in [0.29, 0.717) is 23.4 Å². The molecule has 2 fully saturated rings. The molecule has 6 heteroatoms. The first-order valence-corrected chi connectivity index (χ1v) is 6.80. The van der Waals surface area contributed by atoms with Crippen molar-refractivity contribution in [1.29, 1.82) is 0 Å². The Kier molecular flexibility index (Phi) is 2.22. The average molecular weight is 259 g/mol. The molecule has 0 saturated heterocycles. The molecule has 3 atom stereocenters. The number of ether oxygens (including phenoxy) is 1. The first kappa shape index (κ1) is 11.0. The number of nitrogens with zero attached hydrogens (tertiary/aromatic N) is 4. The fraction of sp³-hybridized carbons (Fsp3) is 0.615. The molecule has 2 N–H and O–H groups in total. The summed E-state index contributed by atoms with van der Waals surface area (Å²) in [6, 6.07) is 1.06. The van der Waals surface area contributed by atoms with Gasteiger partial charge in [0.15, 0.2) is 17.0 Å². The van der Waals surface area contributed by atoms with Crippen LogP contribution >= 0.6 is 0 Å². The lowest BCUT2D eigenvalue weighted by Gasteiger charge is -2.24. The summed E-state index contributed by atoms with van der Waals surface area (Å²) in [6.45, 7) is 0. The Bertz CT molecular complexity index is 637. The second-order valence-corrected chi connectivity index (χ2v) is 5.64. The molecule has 6 nitrogen and oxygen atoms in total. The van der Waals surface area contributed by atoms with Crippen molar-refractivity contribution < 1.29 is 4.74 Å². The zero-order valence-corrected chi connectivity index (χ0v) is 10.9. The van der Waals surface area contributed by atoms with Gasteiger partial charge in [0.2, 0.25) is 0 Å². The van der Waals surface area contributed by atoms with Crippen molar-refractivity contribution in [3.05, 3.63) is 6.33 Å². The Balaban J connectivity index is 1.90. The van der Waals surface area contributed by atoms with E-state index in [9.17, 15) is 0 Å². The van der Waals surface area contributed by atoms with Gasteiger partial charge in [-0.1, -0.05) is 6.42 Å². The summed E-state index contributed by atoms with van der Waals surface area (Å²) in [6.07, 6.45) is 6.71. The molecule has 2 bridgehead atoms. The Labute approximate surface area is 111 Å². The Morgan fingerprint density at radius 2 is 2.21 bits per heavy atom. The molecule has 100 valence electrons. The smallest absolute Gasteiger partial charge is 0.298 e. The lowest BCUT2D eigenvalue weighted by molar-refractivity contribution is 0.284. The van der Waals surface area contributed by atoms with Crippen molar-refractivity contribution >= 4 is 17.0 Å². The third-order valence-electron chi connectivity index (χ3n) is 4.69. The van der Waals surface area contributed by atoms with Gasteiger partial charge in [0.25, 0.3) is 6.01 Å². The normalized spacial score (nSPS) is 29.2. The second kappa shape index (κ2) is 3.82. The first-order chi connectivity index (χ1) is 9.28. The largest absolute Gasteiger partial charge is 0.468 e. The number of methoxy groups -OCH3 is 1. The van der Waals surface area contributed by atoms with Gasteiger partial charge in [-0.2, -0.15) is 4.98 Å². The minimum atomic E-state index is 0.421. The van der Waals surface area contributed by atoms with Crippen LogP contribution in [0.2, 0.25) is 0 Å². The van der Waals surface area contributed by atoms with E-state index in [1.54, 1.807) is 7.11 Å². The molecule has 2 heterocycles. The second-order valence-electron chi connectivity index (χ2n) is 5.64. The van der Waals surface area contributed by atoms with Crippen LogP contribution < -0.4 is 10.5 Å². The number of anilines is 1. The molecule has 2 aromatic rings. The number of fused-ring (bicyclic) bond motifs is 3. The fourth-order valence-corrected chi connectivity index (χ4v) is 3.88. The van der Waals surface area contributed by atoms with E-state index >= 15 is 0 Å². The highest BCUT2D eigenvalue weighted by Gasteiger charge is 2.42. The van der Waals surface area contributed by atoms with Crippen molar-refractivity contribution in [3.8, 4) is 6.01 Å². The SMILES string of the molecule is COc1nc2c(N)ncnc2n1[C@@H]1C[C@H]2CC[C@@H]1C2. The van der Waals surface area contributed by atoms with Gasteiger partial charge in [0.05, 0.1) is 7.11 Å². The minimum absolute atomic E-state index is 0.421. The summed E-state index contributed by atoms with van der Waals surface area (Å²) < 4.78 is 7.57. The Hall–Kier alpha value is -1.85. The third kappa shape index (κ3) is 1.45. The minimum Gasteiger partial charge on any atom is -0.468 e. The van der Waals surface area contributed by atoms with Gasteiger partial charge in [0, 0.05) is 6.04 Å². The molecule has 2 saturated carbocycles. The first-order valence-electron chi connectivity index (χ1n) is 6.80. The Morgan fingerprint density at radius 3 is 2.89 bits per heavy atom. The van der Waals surface area contributed by atoms with Gasteiger partial charge < -0.3 is 10.5 Å². The van der Waals surface area contributed by atoms with E-state index in [1.165, 1.54) is 32.0 Å². The molecule has 0 aliphatic heterocycles. The number of nitrogens with two attached hydrogens (primary N) is 1. The van der Waals surface area contributed by atoms with Crippen molar-refractivity contribution in [3.63, 3.8) is 0 Å². The van der Waals surface area contributed by atoms with Crippen LogP contribution in [0.5, 0.6) is 6.01 Å². The van der Waals surface area contributed by atoms with E-state index in [4.69, 9.17) is 10.5 Å². The molecule has 19 heavy (non-hydrogen) atoms. The van der Waals surface area contributed by atoms with E-state index in [-0.39, 0.29) is 0 Å². The van der Waals surface area contributed by atoms with Crippen LogP contribution in [0, 0.1) is 11.8 Å². The monoisotopic (exact) mass is 259 g/mol. The standard InChI is InChI=1S/C13H17N5O/c1-19-13-17-10-11(14)15-6-16-12(10)18(13)9-5-7-2-3-8(9)4-7/h6-9H,2-5H2,1H3,(H2,14,15,16)/t7-,8+,9+/m0/s1. The quantitative estimate of drug-likeness (QED) is 0.889. The van der Waals surface area contributed by atoms with Crippen molar-refractivity contribution in [2.45, 2.75) is 31.7 Å². The zero-order valence-electron chi connectivity index (χ0n) is 10.9. The maximum atomic E-state index is 5.89. The summed E-state index contributed by atoms with van der Waals surface area (Å²) in [5, 5.41) is 0. The van der Waals surface area contributed by atoms with Crippen LogP contribution in [-0.2, 0) is 0 Å². The number of rotatable bonds is 2. The summed E-state index contributed by atoms with van der Waals surface area (Å²) in [4.78, 5) is 12.8. The molecule has 4 rings (SSSR count). The predicted molar refractivity (Wildman–Crippen MR) is 70.8 cm³/mol. The fourth-order valence-electron chi connectivity index (χ4n) is 3.88. The molecule has 2 aliphatic carbocycles. The lowest BCUT2D eigenvalue weighted by Crippen LogP contribution is -2.17. The number of hydrogen-bond acceptors (Lipinski definition) is 5. The third-order valence-corrected chi connectivity index (χ3v) is 4.69. The molecule has 2 aliphatic rings. The maximum Gasteiger partial charge on any atom is 0.298 e. The summed E-state index contributed by atoms with van der Waals surface area (Å²) >= 11 is 0. The topological polar surface area (TPSA) is 78.8 Å². The molecule has 0 radical (unpaired) electrons. The summed E-state index contributed by atoms with van der Waals surface area (Å²) in [5.41, 5.74) is 7.35. The van der Waals surface area contributed by atoms with Gasteiger partial charge in [-0.15, -0.1) is 0 Å². The van der Waals surface area contributed by atoms with Crippen molar-refractivity contribution in [2.75, 3.05) is 12.8 Å². The predicted octanol–water partition coefficient (Wildman–Crippen LogP) is 1.78. The van der Waals surface area contributed by atoms with Gasteiger partial charge in [0.1, 0.15) is 6.33 Å². The van der Waals surface area contributed by atoms with Crippen LogP contribution in [0.25, 0.3) is 11.2 Å². The van der Waals surface area contributed by atoms with Gasteiger partial charge in [-0.25, -0.2) is 9.97 Å². The number of aromatic nitrogens is 4. The van der Waals surface area contributed by atoms with Crippen molar-refractivity contribution in [1.82, 2.24) is 19.5 Å². The molecule has 0 aromatic carbocycles.